The van der Waals surface area contributed by atoms with E-state index < -0.39 is 0 Å². The number of ketones is 1. The molecule has 2 heterocycles. The summed E-state index contributed by atoms with van der Waals surface area (Å²) >= 11 is 1.87. The number of aromatic nitrogens is 2. The number of aliphatic hydroxyl groups excluding tert-OH is 1. The minimum atomic E-state index is -0.337. The van der Waals surface area contributed by atoms with Crippen LogP contribution in [0.3, 0.4) is 0 Å². The first-order valence-electron chi connectivity index (χ1n) is 17.5. The van der Waals surface area contributed by atoms with Crippen molar-refractivity contribution in [2.45, 2.75) is 106 Å². The first kappa shape index (κ1) is 38.6. The number of nitrogens with zero attached hydrogens (tertiary/aromatic N) is 2. The van der Waals surface area contributed by atoms with Crippen LogP contribution in [0.15, 0.2) is 72.6 Å². The Hall–Kier alpha value is -3.18. The van der Waals surface area contributed by atoms with E-state index in [1.165, 1.54) is 43.3 Å². The van der Waals surface area contributed by atoms with Crippen molar-refractivity contribution in [3.8, 4) is 21.8 Å². The second-order valence-corrected chi connectivity index (χ2v) is 15.7. The number of carbonyl (C=O) groups is 1. The van der Waals surface area contributed by atoms with Gasteiger partial charge in [-0.2, -0.15) is 0 Å². The molecule has 1 N–H and O–H groups in total. The van der Waals surface area contributed by atoms with E-state index in [4.69, 9.17) is 9.97 Å². The normalized spacial score (nSPS) is 13.9. The molecule has 6 rings (SSSR count). The van der Waals surface area contributed by atoms with Gasteiger partial charge in [-0.1, -0.05) is 105 Å². The minimum Gasteiger partial charge on any atom is -0.512 e. The van der Waals surface area contributed by atoms with Gasteiger partial charge in [-0.25, -0.2) is 0 Å². The number of fused-ring (bicyclic) bond motifs is 6. The SMILES string of the molecule is CC(C)c1ccc2nc(-c3[c-]ccc4c3-c3sc5ccccc5c3C4(C)C)ncc2c1.CCC(C)(CC)C(=O)/C=C(\O)C(C)(CC)CC.[Ir]. The number of hydrogen-bond acceptors (Lipinski definition) is 5. The molecule has 4 nitrogen and oxygen atoms in total. The molecule has 261 valence electrons. The van der Waals surface area contributed by atoms with Crippen molar-refractivity contribution in [2.24, 2.45) is 10.8 Å². The molecule has 0 bridgehead atoms. The monoisotopic (exact) mass is 852 g/mol. The molecule has 0 fully saturated rings. The van der Waals surface area contributed by atoms with Crippen LogP contribution < -0.4 is 0 Å². The summed E-state index contributed by atoms with van der Waals surface area (Å²) in [5.74, 6) is 1.53. The van der Waals surface area contributed by atoms with Crippen molar-refractivity contribution in [2.75, 3.05) is 0 Å². The van der Waals surface area contributed by atoms with Gasteiger partial charge in [-0.15, -0.1) is 35.1 Å². The zero-order valence-corrected chi connectivity index (χ0v) is 34.0. The van der Waals surface area contributed by atoms with E-state index in [9.17, 15) is 9.90 Å². The molecule has 0 saturated carbocycles. The smallest absolute Gasteiger partial charge is 0.164 e. The molecule has 0 saturated heterocycles. The second-order valence-electron chi connectivity index (χ2n) is 14.7. The van der Waals surface area contributed by atoms with Crippen molar-refractivity contribution < 1.29 is 30.0 Å². The molecule has 0 atom stereocenters. The van der Waals surface area contributed by atoms with E-state index in [1.54, 1.807) is 0 Å². The van der Waals surface area contributed by atoms with E-state index in [0.717, 1.165) is 48.0 Å². The van der Waals surface area contributed by atoms with Gasteiger partial charge in [0.25, 0.3) is 0 Å². The Balaban J connectivity index is 0.000000260. The summed E-state index contributed by atoms with van der Waals surface area (Å²) in [5, 5.41) is 12.6. The zero-order valence-electron chi connectivity index (χ0n) is 30.7. The van der Waals surface area contributed by atoms with Crippen LogP contribution in [-0.4, -0.2) is 20.9 Å². The van der Waals surface area contributed by atoms with Crippen LogP contribution in [0.4, 0.5) is 0 Å². The zero-order chi connectivity index (χ0) is 35.0. The molecule has 49 heavy (non-hydrogen) atoms. The molecule has 1 aliphatic carbocycles. The Morgan fingerprint density at radius 3 is 2.27 bits per heavy atom. The average Bonchev–Trinajstić information content (AvgIpc) is 3.60. The average molecular weight is 852 g/mol. The van der Waals surface area contributed by atoms with Crippen LogP contribution in [0.1, 0.15) is 118 Å². The predicted molar refractivity (Wildman–Crippen MR) is 204 cm³/mol. The number of carbonyl (C=O) groups excluding carboxylic acids is 1. The molecule has 0 aliphatic heterocycles. The molecule has 1 radical (unpaired) electrons. The fourth-order valence-electron chi connectivity index (χ4n) is 6.62. The van der Waals surface area contributed by atoms with Crippen molar-refractivity contribution in [3.05, 3.63) is 95.4 Å². The van der Waals surface area contributed by atoms with Gasteiger partial charge in [-0.05, 0) is 76.6 Å². The van der Waals surface area contributed by atoms with Crippen LogP contribution in [-0.2, 0) is 30.3 Å². The maximum Gasteiger partial charge on any atom is 0.164 e. The summed E-state index contributed by atoms with van der Waals surface area (Å²) in [6.45, 7) is 21.2. The molecular weight excluding hydrogens is 801 g/mol. The molecule has 3 aromatic carbocycles. The van der Waals surface area contributed by atoms with Crippen molar-refractivity contribution >= 4 is 38.1 Å². The maximum absolute atomic E-state index is 12.2. The second kappa shape index (κ2) is 15.0. The number of thiophene rings is 1. The Morgan fingerprint density at radius 2 is 1.63 bits per heavy atom. The Labute approximate surface area is 310 Å². The molecule has 0 spiro atoms. The van der Waals surface area contributed by atoms with Crippen LogP contribution in [0, 0.1) is 16.9 Å². The summed E-state index contributed by atoms with van der Waals surface area (Å²) in [5.41, 5.74) is 6.65. The third kappa shape index (κ3) is 7.07. The van der Waals surface area contributed by atoms with Crippen molar-refractivity contribution in [1.29, 1.82) is 0 Å². The van der Waals surface area contributed by atoms with Crippen LogP contribution in [0.2, 0.25) is 0 Å². The number of benzene rings is 3. The van der Waals surface area contributed by atoms with Gasteiger partial charge in [0.05, 0.1) is 11.3 Å². The standard InChI is InChI=1S/C28H23N2S.C15H28O2.Ir/c1-16(2)17-12-13-22-18(14-17)15-29-27(30-22)20-9-7-10-21-24(20)26-25(28(21,3)4)19-8-5-6-11-23(19)31-26;1-7-14(5,8-2)12(16)11-13(17)15(6,9-3)10-4;/h5-8,10-16H,1-4H3;11,16H,7-10H2,1-6H3;/q-1;;/b;12-11-;. The first-order valence-corrected chi connectivity index (χ1v) is 18.4. The summed E-state index contributed by atoms with van der Waals surface area (Å²) < 4.78 is 1.33. The molecule has 5 aromatic rings. The molecular formula is C43H51IrN2O2S-. The van der Waals surface area contributed by atoms with Gasteiger partial charge in [0, 0.05) is 53.3 Å². The van der Waals surface area contributed by atoms with Gasteiger partial charge in [-0.3, -0.25) is 14.8 Å². The van der Waals surface area contributed by atoms with Crippen molar-refractivity contribution in [3.63, 3.8) is 0 Å². The quantitative estimate of drug-likeness (QED) is 0.0911. The van der Waals surface area contributed by atoms with E-state index >= 15 is 0 Å². The van der Waals surface area contributed by atoms with Gasteiger partial charge in [0.15, 0.2) is 5.78 Å². The van der Waals surface area contributed by atoms with E-state index in [0.29, 0.717) is 5.92 Å². The first-order chi connectivity index (χ1) is 22.7. The fourth-order valence-corrected chi connectivity index (χ4v) is 8.05. The molecule has 2 aromatic heterocycles. The minimum absolute atomic E-state index is 0. The molecule has 6 heteroatoms. The third-order valence-corrected chi connectivity index (χ3v) is 12.4. The Morgan fingerprint density at radius 1 is 0.980 bits per heavy atom. The van der Waals surface area contributed by atoms with Gasteiger partial charge in [0.2, 0.25) is 0 Å². The van der Waals surface area contributed by atoms with E-state index in [1.807, 2.05) is 65.1 Å². The molecule has 1 aliphatic rings. The van der Waals surface area contributed by atoms with Crippen LogP contribution >= 0.6 is 11.3 Å². The van der Waals surface area contributed by atoms with E-state index in [2.05, 4.69) is 82.3 Å². The largest absolute Gasteiger partial charge is 0.512 e. The van der Waals surface area contributed by atoms with E-state index in [-0.39, 0.29) is 47.9 Å². The Bertz CT molecular complexity index is 2000. The topological polar surface area (TPSA) is 63.1 Å². The fraction of sp³-hybridized carbons (Fsp3) is 0.419. The van der Waals surface area contributed by atoms with Gasteiger partial charge in [0.1, 0.15) is 5.76 Å². The predicted octanol–water partition coefficient (Wildman–Crippen LogP) is 12.4. The maximum atomic E-state index is 12.2. The number of rotatable bonds is 9. The summed E-state index contributed by atoms with van der Waals surface area (Å²) in [4.78, 5) is 23.3. The number of allylic oxidation sites excluding steroid dienone is 2. The van der Waals surface area contributed by atoms with Crippen LogP contribution in [0.25, 0.3) is 42.8 Å². The number of aliphatic hydroxyl groups is 1. The van der Waals surface area contributed by atoms with Crippen LogP contribution in [0.5, 0.6) is 0 Å². The molecule has 0 unspecified atom stereocenters. The number of hydrogen-bond donors (Lipinski definition) is 1. The van der Waals surface area contributed by atoms with Crippen molar-refractivity contribution in [1.82, 2.24) is 9.97 Å². The third-order valence-electron chi connectivity index (χ3n) is 11.2. The Kier molecular flexibility index (Phi) is 11.8. The van der Waals surface area contributed by atoms with Gasteiger partial charge < -0.3 is 5.11 Å². The van der Waals surface area contributed by atoms with Gasteiger partial charge >= 0.3 is 0 Å². The summed E-state index contributed by atoms with van der Waals surface area (Å²) in [6, 6.07) is 23.0. The molecule has 0 amide bonds. The summed E-state index contributed by atoms with van der Waals surface area (Å²) in [6.07, 6.45) is 6.72. The summed E-state index contributed by atoms with van der Waals surface area (Å²) in [7, 11) is 0.